The molecule has 0 spiro atoms. The van der Waals surface area contributed by atoms with Crippen LogP contribution < -0.4 is 5.32 Å². The first-order valence-electron chi connectivity index (χ1n) is 7.77. The van der Waals surface area contributed by atoms with E-state index in [0.29, 0.717) is 5.92 Å². The molecular weight excluding hydrogens is 266 g/mol. The monoisotopic (exact) mass is 287 g/mol. The molecule has 1 heteroatoms. The fourth-order valence-electron chi connectivity index (χ4n) is 2.67. The van der Waals surface area contributed by atoms with Gasteiger partial charge in [-0.15, -0.1) is 0 Å². The van der Waals surface area contributed by atoms with Gasteiger partial charge in [-0.3, -0.25) is 0 Å². The average Bonchev–Trinajstić information content (AvgIpc) is 2.57. The number of anilines is 2. The molecule has 3 aromatic rings. The maximum atomic E-state index is 3.42. The molecule has 1 atom stereocenters. The highest BCUT2D eigenvalue weighted by Crippen LogP contribution is 2.23. The molecule has 0 unspecified atom stereocenters. The highest BCUT2D eigenvalue weighted by Gasteiger charge is 2.06. The molecule has 0 amide bonds. The molecule has 1 nitrogen and oxygen atoms in total. The van der Waals surface area contributed by atoms with Crippen molar-refractivity contribution < 1.29 is 0 Å². The first kappa shape index (κ1) is 14.4. The number of nitrogens with one attached hydrogen (secondary N) is 1. The van der Waals surface area contributed by atoms with Crippen LogP contribution in [0.5, 0.6) is 0 Å². The second-order valence-corrected chi connectivity index (χ2v) is 5.70. The van der Waals surface area contributed by atoms with E-state index in [1.165, 1.54) is 11.1 Å². The summed E-state index contributed by atoms with van der Waals surface area (Å²) in [6.07, 6.45) is 1.08. The number of rotatable bonds is 5. The molecule has 0 bridgehead atoms. The van der Waals surface area contributed by atoms with Crippen LogP contribution in [-0.4, -0.2) is 0 Å². The zero-order chi connectivity index (χ0) is 15.2. The molecule has 0 saturated carbocycles. The van der Waals surface area contributed by atoms with Gasteiger partial charge in [0, 0.05) is 11.4 Å². The number of hydrogen-bond acceptors (Lipinski definition) is 1. The molecular formula is C21H21N. The van der Waals surface area contributed by atoms with Gasteiger partial charge in [0.1, 0.15) is 0 Å². The van der Waals surface area contributed by atoms with Crippen molar-refractivity contribution in [3.8, 4) is 0 Å². The van der Waals surface area contributed by atoms with Crippen molar-refractivity contribution in [2.24, 2.45) is 0 Å². The molecule has 0 saturated heterocycles. The molecule has 110 valence electrons. The van der Waals surface area contributed by atoms with Crippen molar-refractivity contribution in [2.45, 2.75) is 19.3 Å². The lowest BCUT2D eigenvalue weighted by Crippen LogP contribution is -1.98. The van der Waals surface area contributed by atoms with Crippen LogP contribution in [-0.2, 0) is 6.42 Å². The predicted octanol–water partition coefficient (Wildman–Crippen LogP) is 5.78. The fraction of sp³-hybridized carbons (Fsp3) is 0.143. The van der Waals surface area contributed by atoms with Crippen LogP contribution in [0.15, 0.2) is 84.9 Å². The Morgan fingerprint density at radius 1 is 0.682 bits per heavy atom. The molecule has 0 heterocycles. The van der Waals surface area contributed by atoms with Crippen molar-refractivity contribution in [1.29, 1.82) is 0 Å². The second-order valence-electron chi connectivity index (χ2n) is 5.70. The van der Waals surface area contributed by atoms with Gasteiger partial charge in [0.15, 0.2) is 0 Å². The van der Waals surface area contributed by atoms with Gasteiger partial charge in [0.05, 0.1) is 0 Å². The van der Waals surface area contributed by atoms with Crippen molar-refractivity contribution in [3.05, 3.63) is 96.1 Å². The Hall–Kier alpha value is -2.54. The predicted molar refractivity (Wildman–Crippen MR) is 94.7 cm³/mol. The molecule has 1 N–H and O–H groups in total. The lowest BCUT2D eigenvalue weighted by atomic mass is 9.94. The summed E-state index contributed by atoms with van der Waals surface area (Å²) in [5.74, 6) is 0.521. The van der Waals surface area contributed by atoms with Gasteiger partial charge >= 0.3 is 0 Å². The van der Waals surface area contributed by atoms with Crippen LogP contribution in [0.3, 0.4) is 0 Å². The largest absolute Gasteiger partial charge is 0.356 e. The van der Waals surface area contributed by atoms with Crippen molar-refractivity contribution in [2.75, 3.05) is 5.32 Å². The van der Waals surface area contributed by atoms with Crippen molar-refractivity contribution in [3.63, 3.8) is 0 Å². The van der Waals surface area contributed by atoms with Crippen molar-refractivity contribution >= 4 is 11.4 Å². The summed E-state index contributed by atoms with van der Waals surface area (Å²) in [6, 6.07) is 29.7. The lowest BCUT2D eigenvalue weighted by Gasteiger charge is -2.13. The Labute approximate surface area is 132 Å². The smallest absolute Gasteiger partial charge is 0.0384 e. The first-order chi connectivity index (χ1) is 10.8. The number of benzene rings is 3. The highest BCUT2D eigenvalue weighted by atomic mass is 14.9. The van der Waals surface area contributed by atoms with Gasteiger partial charge in [-0.1, -0.05) is 67.6 Å². The Morgan fingerprint density at radius 2 is 1.23 bits per heavy atom. The van der Waals surface area contributed by atoms with Gasteiger partial charge < -0.3 is 5.32 Å². The Balaban J connectivity index is 1.66. The summed E-state index contributed by atoms with van der Waals surface area (Å²) in [5.41, 5.74) is 5.01. The van der Waals surface area contributed by atoms with E-state index in [4.69, 9.17) is 0 Å². The third kappa shape index (κ3) is 3.76. The molecule has 3 rings (SSSR count). The molecule has 0 aromatic heterocycles. The summed E-state index contributed by atoms with van der Waals surface area (Å²) in [7, 11) is 0. The quantitative estimate of drug-likeness (QED) is 0.627. The third-order valence-electron chi connectivity index (χ3n) is 3.93. The van der Waals surface area contributed by atoms with Crippen LogP contribution in [0.25, 0.3) is 0 Å². The average molecular weight is 287 g/mol. The van der Waals surface area contributed by atoms with E-state index in [2.05, 4.69) is 79.0 Å². The zero-order valence-electron chi connectivity index (χ0n) is 12.9. The van der Waals surface area contributed by atoms with E-state index in [0.717, 1.165) is 17.8 Å². The minimum Gasteiger partial charge on any atom is -0.356 e. The molecule has 0 fully saturated rings. The van der Waals surface area contributed by atoms with Gasteiger partial charge in [-0.25, -0.2) is 0 Å². The van der Waals surface area contributed by atoms with E-state index in [-0.39, 0.29) is 0 Å². The standard InChI is InChI=1S/C21H21N/c1-17(16-18-8-4-2-5-9-18)19-12-14-21(15-13-19)22-20-10-6-3-7-11-20/h2-15,17,22H,16H2,1H3/t17-/m1/s1. The lowest BCUT2D eigenvalue weighted by molar-refractivity contribution is 0.759. The topological polar surface area (TPSA) is 12.0 Å². The van der Waals surface area contributed by atoms with Gasteiger partial charge in [0.2, 0.25) is 0 Å². The van der Waals surface area contributed by atoms with Crippen LogP contribution >= 0.6 is 0 Å². The molecule has 0 aliphatic heterocycles. The van der Waals surface area contributed by atoms with Crippen LogP contribution in [0.4, 0.5) is 11.4 Å². The van der Waals surface area contributed by atoms with Crippen LogP contribution in [0, 0.1) is 0 Å². The molecule has 22 heavy (non-hydrogen) atoms. The molecule has 0 radical (unpaired) electrons. The van der Waals surface area contributed by atoms with Crippen LogP contribution in [0.2, 0.25) is 0 Å². The van der Waals surface area contributed by atoms with E-state index in [9.17, 15) is 0 Å². The summed E-state index contributed by atoms with van der Waals surface area (Å²) < 4.78 is 0. The first-order valence-corrected chi connectivity index (χ1v) is 7.77. The van der Waals surface area contributed by atoms with Crippen molar-refractivity contribution in [1.82, 2.24) is 0 Å². The van der Waals surface area contributed by atoms with E-state index >= 15 is 0 Å². The Kier molecular flexibility index (Phi) is 4.55. The zero-order valence-corrected chi connectivity index (χ0v) is 12.9. The van der Waals surface area contributed by atoms with Gasteiger partial charge in [-0.2, -0.15) is 0 Å². The number of hydrogen-bond donors (Lipinski definition) is 1. The summed E-state index contributed by atoms with van der Waals surface area (Å²) >= 11 is 0. The number of para-hydroxylation sites is 1. The Bertz CT molecular complexity index is 687. The van der Waals surface area contributed by atoms with Gasteiger partial charge in [-0.05, 0) is 47.7 Å². The third-order valence-corrected chi connectivity index (χ3v) is 3.93. The van der Waals surface area contributed by atoms with E-state index < -0.39 is 0 Å². The summed E-state index contributed by atoms with van der Waals surface area (Å²) in [4.78, 5) is 0. The van der Waals surface area contributed by atoms with Crippen LogP contribution in [0.1, 0.15) is 24.0 Å². The van der Waals surface area contributed by atoms with E-state index in [1.54, 1.807) is 0 Å². The maximum absolute atomic E-state index is 3.42. The fourth-order valence-corrected chi connectivity index (χ4v) is 2.67. The maximum Gasteiger partial charge on any atom is 0.0384 e. The summed E-state index contributed by atoms with van der Waals surface area (Å²) in [5, 5.41) is 3.42. The van der Waals surface area contributed by atoms with Gasteiger partial charge in [0.25, 0.3) is 0 Å². The minimum atomic E-state index is 0.521. The minimum absolute atomic E-state index is 0.521. The molecule has 3 aromatic carbocycles. The summed E-state index contributed by atoms with van der Waals surface area (Å²) in [6.45, 7) is 2.28. The Morgan fingerprint density at radius 3 is 1.86 bits per heavy atom. The molecule has 0 aliphatic carbocycles. The van der Waals surface area contributed by atoms with E-state index in [1.807, 2.05) is 18.2 Å². The normalized spacial score (nSPS) is 11.9. The second kappa shape index (κ2) is 6.95. The highest BCUT2D eigenvalue weighted by molar-refractivity contribution is 5.59. The SMILES string of the molecule is C[C@H](Cc1ccccc1)c1ccc(Nc2ccccc2)cc1. The molecule has 0 aliphatic rings.